The van der Waals surface area contributed by atoms with E-state index in [1.165, 1.54) is 35.7 Å². The first-order valence-corrected chi connectivity index (χ1v) is 12.0. The van der Waals surface area contributed by atoms with Crippen LogP contribution in [0.1, 0.15) is 37.4 Å². The zero-order valence-electron chi connectivity index (χ0n) is 18.7. The number of aliphatic imine (C=N–C) groups is 1. The fraction of sp³-hybridized carbons (Fsp3) is 0.565. The van der Waals surface area contributed by atoms with E-state index in [4.69, 9.17) is 4.74 Å². The van der Waals surface area contributed by atoms with Crippen LogP contribution < -0.4 is 15.4 Å². The largest absolute Gasteiger partial charge is 0.489 e. The Morgan fingerprint density at radius 2 is 2.16 bits per heavy atom. The predicted octanol–water partition coefficient (Wildman–Crippen LogP) is 3.69. The topological polar surface area (TPSA) is 61.8 Å². The molecule has 0 bridgehead atoms. The number of nitrogens with zero attached hydrogens (tertiary/aromatic N) is 3. The third kappa shape index (κ3) is 7.78. The summed E-state index contributed by atoms with van der Waals surface area (Å²) in [6.07, 6.45) is 3.26. The summed E-state index contributed by atoms with van der Waals surface area (Å²) in [4.78, 5) is 11.5. The molecular formula is C23H34FN5OS. The first-order chi connectivity index (χ1) is 15.1. The van der Waals surface area contributed by atoms with Crippen LogP contribution in [0, 0.1) is 11.7 Å². The van der Waals surface area contributed by atoms with E-state index in [1.54, 1.807) is 30.5 Å². The van der Waals surface area contributed by atoms with Gasteiger partial charge in [-0.3, -0.25) is 9.89 Å². The molecule has 1 aliphatic rings. The predicted molar refractivity (Wildman–Crippen MR) is 125 cm³/mol. The number of halogens is 1. The SMILES string of the molecule is CCc1nc(CN2CCC(CNC(=NC)NCC(C)Oc3cccc(F)c3)CC2)cs1. The number of rotatable bonds is 9. The van der Waals surface area contributed by atoms with Crippen LogP contribution in [0.25, 0.3) is 0 Å². The van der Waals surface area contributed by atoms with Gasteiger partial charge in [-0.25, -0.2) is 9.37 Å². The maximum Gasteiger partial charge on any atom is 0.191 e. The molecule has 3 rings (SSSR count). The van der Waals surface area contributed by atoms with Gasteiger partial charge in [0.1, 0.15) is 17.7 Å². The number of guanidine groups is 1. The lowest BCUT2D eigenvalue weighted by Gasteiger charge is -2.31. The fourth-order valence-corrected chi connectivity index (χ4v) is 4.41. The quantitative estimate of drug-likeness (QED) is 0.454. The minimum absolute atomic E-state index is 0.109. The molecule has 1 unspecified atom stereocenters. The van der Waals surface area contributed by atoms with Gasteiger partial charge < -0.3 is 15.4 Å². The zero-order valence-corrected chi connectivity index (χ0v) is 19.6. The molecule has 0 aliphatic carbocycles. The summed E-state index contributed by atoms with van der Waals surface area (Å²) in [6, 6.07) is 6.21. The minimum Gasteiger partial charge on any atom is -0.489 e. The van der Waals surface area contributed by atoms with Gasteiger partial charge in [0, 0.05) is 31.6 Å². The van der Waals surface area contributed by atoms with Crippen LogP contribution in [0.5, 0.6) is 5.75 Å². The van der Waals surface area contributed by atoms with Gasteiger partial charge >= 0.3 is 0 Å². The van der Waals surface area contributed by atoms with Crippen molar-refractivity contribution in [3.63, 3.8) is 0 Å². The average Bonchev–Trinajstić information content (AvgIpc) is 3.22. The lowest BCUT2D eigenvalue weighted by atomic mass is 9.97. The normalized spacial score (nSPS) is 16.8. The summed E-state index contributed by atoms with van der Waals surface area (Å²) < 4.78 is 19.0. The van der Waals surface area contributed by atoms with E-state index < -0.39 is 0 Å². The summed E-state index contributed by atoms with van der Waals surface area (Å²) in [5.41, 5.74) is 1.21. The van der Waals surface area contributed by atoms with E-state index >= 15 is 0 Å². The van der Waals surface area contributed by atoms with Gasteiger partial charge in [0.15, 0.2) is 5.96 Å². The molecule has 170 valence electrons. The van der Waals surface area contributed by atoms with Gasteiger partial charge in [-0.1, -0.05) is 13.0 Å². The van der Waals surface area contributed by atoms with Crippen molar-refractivity contribution < 1.29 is 9.13 Å². The second kappa shape index (κ2) is 12.0. The third-order valence-electron chi connectivity index (χ3n) is 5.47. The lowest BCUT2D eigenvalue weighted by molar-refractivity contribution is 0.176. The third-order valence-corrected chi connectivity index (χ3v) is 6.51. The Morgan fingerprint density at radius 3 is 2.84 bits per heavy atom. The van der Waals surface area contributed by atoms with Gasteiger partial charge in [-0.15, -0.1) is 11.3 Å². The Balaban J connectivity index is 1.33. The zero-order chi connectivity index (χ0) is 22.1. The highest BCUT2D eigenvalue weighted by Crippen LogP contribution is 2.19. The molecule has 1 aliphatic heterocycles. The molecule has 2 N–H and O–H groups in total. The number of aromatic nitrogens is 1. The Bertz CT molecular complexity index is 835. The maximum absolute atomic E-state index is 13.3. The van der Waals surface area contributed by atoms with Crippen LogP contribution in [0.15, 0.2) is 34.6 Å². The van der Waals surface area contributed by atoms with Crippen LogP contribution in [0.4, 0.5) is 4.39 Å². The van der Waals surface area contributed by atoms with E-state index in [-0.39, 0.29) is 11.9 Å². The standard InChI is InChI=1S/C23H34FN5OS/c1-4-22-28-20(16-31-22)15-29-10-8-18(9-11-29)14-27-23(25-3)26-13-17(2)30-21-7-5-6-19(24)12-21/h5-7,12,16-18H,4,8-11,13-15H2,1-3H3,(H2,25,26,27). The van der Waals surface area contributed by atoms with Crippen molar-refractivity contribution in [1.82, 2.24) is 20.5 Å². The number of likely N-dealkylation sites (tertiary alicyclic amines) is 1. The number of aryl methyl sites for hydroxylation is 1. The summed E-state index contributed by atoms with van der Waals surface area (Å²) in [6.45, 7) is 8.77. The van der Waals surface area contributed by atoms with Crippen molar-refractivity contribution in [2.24, 2.45) is 10.9 Å². The molecule has 2 heterocycles. The molecule has 0 spiro atoms. The van der Waals surface area contributed by atoms with Crippen molar-refractivity contribution in [1.29, 1.82) is 0 Å². The molecule has 0 amide bonds. The second-order valence-electron chi connectivity index (χ2n) is 8.03. The number of benzene rings is 1. The molecule has 6 nitrogen and oxygen atoms in total. The molecule has 1 saturated heterocycles. The number of ether oxygens (including phenoxy) is 1. The van der Waals surface area contributed by atoms with Crippen LogP contribution in [-0.4, -0.2) is 55.2 Å². The van der Waals surface area contributed by atoms with Crippen molar-refractivity contribution in [3.8, 4) is 5.75 Å². The van der Waals surface area contributed by atoms with Gasteiger partial charge in [0.25, 0.3) is 0 Å². The Labute approximate surface area is 188 Å². The van der Waals surface area contributed by atoms with Crippen LogP contribution in [-0.2, 0) is 13.0 Å². The first-order valence-electron chi connectivity index (χ1n) is 11.1. The monoisotopic (exact) mass is 447 g/mol. The van der Waals surface area contributed by atoms with Gasteiger partial charge in [-0.2, -0.15) is 0 Å². The molecule has 8 heteroatoms. The van der Waals surface area contributed by atoms with E-state index in [2.05, 4.69) is 37.8 Å². The highest BCUT2D eigenvalue weighted by atomic mass is 32.1. The summed E-state index contributed by atoms with van der Waals surface area (Å²) in [7, 11) is 1.77. The minimum atomic E-state index is -0.293. The van der Waals surface area contributed by atoms with Crippen molar-refractivity contribution in [3.05, 3.63) is 46.2 Å². The molecule has 0 saturated carbocycles. The van der Waals surface area contributed by atoms with Crippen molar-refractivity contribution >= 4 is 17.3 Å². The maximum atomic E-state index is 13.3. The number of hydrogen-bond donors (Lipinski definition) is 2. The molecule has 0 radical (unpaired) electrons. The number of thiazole rings is 1. The number of nitrogens with one attached hydrogen (secondary N) is 2. The average molecular weight is 448 g/mol. The highest BCUT2D eigenvalue weighted by Gasteiger charge is 2.20. The van der Waals surface area contributed by atoms with Crippen LogP contribution in [0.2, 0.25) is 0 Å². The van der Waals surface area contributed by atoms with Gasteiger partial charge in [0.2, 0.25) is 0 Å². The summed E-state index contributed by atoms with van der Waals surface area (Å²) in [5.74, 6) is 1.65. The van der Waals surface area contributed by atoms with E-state index in [0.717, 1.165) is 38.6 Å². The number of piperidine rings is 1. The molecule has 1 atom stereocenters. The molecule has 31 heavy (non-hydrogen) atoms. The molecule has 1 aromatic heterocycles. The Kier molecular flexibility index (Phi) is 9.09. The fourth-order valence-electron chi connectivity index (χ4n) is 3.68. The van der Waals surface area contributed by atoms with E-state index in [9.17, 15) is 4.39 Å². The molecule has 1 aromatic carbocycles. The first kappa shape index (κ1) is 23.5. The summed E-state index contributed by atoms with van der Waals surface area (Å²) >= 11 is 1.77. The molecular weight excluding hydrogens is 413 g/mol. The van der Waals surface area contributed by atoms with E-state index in [0.29, 0.717) is 18.2 Å². The van der Waals surface area contributed by atoms with Crippen LogP contribution in [0.3, 0.4) is 0 Å². The molecule has 2 aromatic rings. The van der Waals surface area contributed by atoms with Gasteiger partial charge in [0.05, 0.1) is 17.2 Å². The highest BCUT2D eigenvalue weighted by molar-refractivity contribution is 7.09. The summed E-state index contributed by atoms with van der Waals surface area (Å²) in [5, 5.41) is 10.2. The van der Waals surface area contributed by atoms with E-state index in [1.807, 2.05) is 6.92 Å². The van der Waals surface area contributed by atoms with Crippen molar-refractivity contribution in [2.45, 2.75) is 45.8 Å². The second-order valence-corrected chi connectivity index (χ2v) is 8.97. The van der Waals surface area contributed by atoms with Gasteiger partial charge in [-0.05, 0) is 57.3 Å². The Hall–Kier alpha value is -2.19. The lowest BCUT2D eigenvalue weighted by Crippen LogP contribution is -2.45. The van der Waals surface area contributed by atoms with Crippen molar-refractivity contribution in [2.75, 3.05) is 33.2 Å². The smallest absolute Gasteiger partial charge is 0.191 e. The molecule has 1 fully saturated rings. The number of hydrogen-bond acceptors (Lipinski definition) is 5. The van der Waals surface area contributed by atoms with Crippen LogP contribution >= 0.6 is 11.3 Å². The Morgan fingerprint density at radius 1 is 1.35 bits per heavy atom.